The number of aromatic nitrogens is 2. The maximum absolute atomic E-state index is 4.68. The van der Waals surface area contributed by atoms with Gasteiger partial charge in [-0.25, -0.2) is 0 Å². The Kier molecular flexibility index (Phi) is 8.59. The Bertz CT molecular complexity index is 344. The fourth-order valence-electron chi connectivity index (χ4n) is 2.47. The third-order valence-electron chi connectivity index (χ3n) is 3.74. The van der Waals surface area contributed by atoms with Crippen LogP contribution in [-0.4, -0.2) is 22.4 Å². The highest BCUT2D eigenvalue weighted by Gasteiger charge is 2.11. The highest BCUT2D eigenvalue weighted by atomic mass is 15.3. The molecule has 0 bridgehead atoms. The van der Waals surface area contributed by atoms with Gasteiger partial charge in [0.1, 0.15) is 0 Å². The summed E-state index contributed by atoms with van der Waals surface area (Å²) in [6.07, 6.45) is 11.0. The number of nitrogens with zero attached hydrogens (tertiary/aromatic N) is 2. The van der Waals surface area contributed by atoms with E-state index in [1.165, 1.54) is 44.2 Å². The molecule has 3 nitrogen and oxygen atoms in total. The molecule has 20 heavy (non-hydrogen) atoms. The molecule has 1 aromatic rings. The zero-order valence-electron chi connectivity index (χ0n) is 13.9. The third-order valence-corrected chi connectivity index (χ3v) is 3.74. The lowest BCUT2D eigenvalue weighted by Gasteiger charge is -2.17. The minimum atomic E-state index is 0.454. The average molecular weight is 279 g/mol. The van der Waals surface area contributed by atoms with Crippen molar-refractivity contribution < 1.29 is 0 Å². The number of nitrogens with one attached hydrogen (secondary N) is 1. The molecule has 0 saturated heterocycles. The van der Waals surface area contributed by atoms with Crippen LogP contribution in [0.1, 0.15) is 78.0 Å². The molecule has 1 N–H and O–H groups in total. The van der Waals surface area contributed by atoms with Gasteiger partial charge in [0.25, 0.3) is 0 Å². The molecule has 0 aliphatic carbocycles. The van der Waals surface area contributed by atoms with E-state index in [-0.39, 0.29) is 0 Å². The van der Waals surface area contributed by atoms with Gasteiger partial charge in [0.15, 0.2) is 0 Å². The molecule has 0 fully saturated rings. The number of unbranched alkanes of at least 4 members (excludes halogenated alkanes) is 3. The molecule has 116 valence electrons. The van der Waals surface area contributed by atoms with Gasteiger partial charge in [0, 0.05) is 24.7 Å². The second-order valence-corrected chi connectivity index (χ2v) is 6.09. The van der Waals surface area contributed by atoms with Crippen LogP contribution in [0.2, 0.25) is 0 Å². The Labute approximate surface area is 125 Å². The van der Waals surface area contributed by atoms with Crippen molar-refractivity contribution in [3.05, 3.63) is 18.0 Å². The SMILES string of the molecule is CCCCCCC(Cc1ccn(C(C)C)n1)NCCC. The van der Waals surface area contributed by atoms with E-state index in [4.69, 9.17) is 0 Å². The molecular weight excluding hydrogens is 246 g/mol. The predicted molar refractivity (Wildman–Crippen MR) is 87.2 cm³/mol. The molecule has 0 aliphatic rings. The molecule has 1 heterocycles. The Morgan fingerprint density at radius 2 is 1.95 bits per heavy atom. The van der Waals surface area contributed by atoms with E-state index in [1.807, 2.05) is 0 Å². The monoisotopic (exact) mass is 279 g/mol. The molecule has 0 radical (unpaired) electrons. The zero-order valence-corrected chi connectivity index (χ0v) is 13.9. The Balaban J connectivity index is 2.44. The summed E-state index contributed by atoms with van der Waals surface area (Å²) in [7, 11) is 0. The molecule has 1 rings (SSSR count). The van der Waals surface area contributed by atoms with Gasteiger partial charge in [-0.15, -0.1) is 0 Å². The molecule has 1 aromatic heterocycles. The quantitative estimate of drug-likeness (QED) is 0.610. The lowest BCUT2D eigenvalue weighted by Crippen LogP contribution is -2.32. The van der Waals surface area contributed by atoms with Crippen LogP contribution in [0.25, 0.3) is 0 Å². The van der Waals surface area contributed by atoms with Crippen LogP contribution < -0.4 is 5.32 Å². The molecule has 1 atom stereocenters. The summed E-state index contributed by atoms with van der Waals surface area (Å²) in [5.41, 5.74) is 1.22. The molecule has 0 spiro atoms. The van der Waals surface area contributed by atoms with Gasteiger partial charge in [-0.1, -0.05) is 39.5 Å². The van der Waals surface area contributed by atoms with E-state index in [0.717, 1.165) is 13.0 Å². The van der Waals surface area contributed by atoms with Crippen LogP contribution in [0.4, 0.5) is 0 Å². The number of hydrogen-bond acceptors (Lipinski definition) is 2. The van der Waals surface area contributed by atoms with Gasteiger partial charge in [0.2, 0.25) is 0 Å². The summed E-state index contributed by atoms with van der Waals surface area (Å²) in [6.45, 7) is 9.96. The Hall–Kier alpha value is -0.830. The zero-order chi connectivity index (χ0) is 14.8. The van der Waals surface area contributed by atoms with E-state index < -0.39 is 0 Å². The van der Waals surface area contributed by atoms with E-state index in [1.54, 1.807) is 0 Å². The van der Waals surface area contributed by atoms with Gasteiger partial charge in [-0.05, 0) is 39.3 Å². The standard InChI is InChI=1S/C17H33N3/c1-5-7-8-9-10-16(18-12-6-2)14-17-11-13-20(19-17)15(3)4/h11,13,15-16,18H,5-10,12,14H2,1-4H3. The normalized spacial score (nSPS) is 13.1. The van der Waals surface area contributed by atoms with Crippen LogP contribution in [0.3, 0.4) is 0 Å². The first kappa shape index (κ1) is 17.2. The van der Waals surface area contributed by atoms with Gasteiger partial charge in [0.05, 0.1) is 5.69 Å². The number of rotatable bonds is 11. The van der Waals surface area contributed by atoms with Crippen LogP contribution in [0, 0.1) is 0 Å². The van der Waals surface area contributed by atoms with Gasteiger partial charge in [-0.2, -0.15) is 5.10 Å². The van der Waals surface area contributed by atoms with Crippen molar-refractivity contribution in [1.82, 2.24) is 15.1 Å². The largest absolute Gasteiger partial charge is 0.314 e. The highest BCUT2D eigenvalue weighted by Crippen LogP contribution is 2.11. The lowest BCUT2D eigenvalue weighted by molar-refractivity contribution is 0.444. The maximum atomic E-state index is 4.68. The van der Waals surface area contributed by atoms with E-state index in [9.17, 15) is 0 Å². The summed E-state index contributed by atoms with van der Waals surface area (Å²) < 4.78 is 2.06. The molecule has 0 aliphatic heterocycles. The molecular formula is C17H33N3. The maximum Gasteiger partial charge on any atom is 0.0640 e. The Morgan fingerprint density at radius 3 is 2.55 bits per heavy atom. The van der Waals surface area contributed by atoms with Crippen molar-refractivity contribution >= 4 is 0 Å². The molecule has 0 saturated carbocycles. The lowest BCUT2D eigenvalue weighted by atomic mass is 10.0. The van der Waals surface area contributed by atoms with E-state index >= 15 is 0 Å². The molecule has 0 aromatic carbocycles. The van der Waals surface area contributed by atoms with Gasteiger partial charge >= 0.3 is 0 Å². The van der Waals surface area contributed by atoms with Crippen molar-refractivity contribution in [3.8, 4) is 0 Å². The first-order valence-corrected chi connectivity index (χ1v) is 8.44. The van der Waals surface area contributed by atoms with Crippen molar-refractivity contribution in [3.63, 3.8) is 0 Å². The molecule has 0 amide bonds. The smallest absolute Gasteiger partial charge is 0.0640 e. The summed E-state index contributed by atoms with van der Waals surface area (Å²) in [5, 5.41) is 8.36. The Morgan fingerprint density at radius 1 is 1.15 bits per heavy atom. The van der Waals surface area contributed by atoms with Crippen molar-refractivity contribution in [2.45, 2.75) is 84.7 Å². The van der Waals surface area contributed by atoms with E-state index in [2.05, 4.69) is 55.1 Å². The second kappa shape index (κ2) is 9.98. The third kappa shape index (κ3) is 6.56. The van der Waals surface area contributed by atoms with Crippen LogP contribution in [-0.2, 0) is 6.42 Å². The van der Waals surface area contributed by atoms with Crippen molar-refractivity contribution in [2.24, 2.45) is 0 Å². The highest BCUT2D eigenvalue weighted by molar-refractivity contribution is 5.02. The molecule has 3 heteroatoms. The van der Waals surface area contributed by atoms with Crippen LogP contribution in [0.5, 0.6) is 0 Å². The van der Waals surface area contributed by atoms with E-state index in [0.29, 0.717) is 12.1 Å². The van der Waals surface area contributed by atoms with Crippen molar-refractivity contribution in [1.29, 1.82) is 0 Å². The fraction of sp³-hybridized carbons (Fsp3) is 0.824. The van der Waals surface area contributed by atoms with Crippen molar-refractivity contribution in [2.75, 3.05) is 6.54 Å². The minimum absolute atomic E-state index is 0.454. The predicted octanol–water partition coefficient (Wildman–Crippen LogP) is 4.35. The summed E-state index contributed by atoms with van der Waals surface area (Å²) >= 11 is 0. The average Bonchev–Trinajstić information content (AvgIpc) is 2.89. The second-order valence-electron chi connectivity index (χ2n) is 6.09. The first-order valence-electron chi connectivity index (χ1n) is 8.44. The fourth-order valence-corrected chi connectivity index (χ4v) is 2.47. The summed E-state index contributed by atoms with van der Waals surface area (Å²) in [6, 6.07) is 3.21. The first-order chi connectivity index (χ1) is 9.67. The van der Waals surface area contributed by atoms with Gasteiger partial charge < -0.3 is 5.32 Å². The number of hydrogen-bond donors (Lipinski definition) is 1. The molecule has 1 unspecified atom stereocenters. The van der Waals surface area contributed by atoms with Crippen LogP contribution >= 0.6 is 0 Å². The topological polar surface area (TPSA) is 29.9 Å². The van der Waals surface area contributed by atoms with Gasteiger partial charge in [-0.3, -0.25) is 4.68 Å². The minimum Gasteiger partial charge on any atom is -0.314 e. The summed E-state index contributed by atoms with van der Waals surface area (Å²) in [4.78, 5) is 0. The van der Waals surface area contributed by atoms with Crippen LogP contribution in [0.15, 0.2) is 12.3 Å². The summed E-state index contributed by atoms with van der Waals surface area (Å²) in [5.74, 6) is 0.